The van der Waals surface area contributed by atoms with Crippen LogP contribution in [-0.2, 0) is 0 Å². The summed E-state index contributed by atoms with van der Waals surface area (Å²) in [5.41, 5.74) is 1.68. The highest BCUT2D eigenvalue weighted by Crippen LogP contribution is 2.26. The van der Waals surface area contributed by atoms with Gasteiger partial charge in [0.1, 0.15) is 10.8 Å². The van der Waals surface area contributed by atoms with Crippen molar-refractivity contribution in [2.75, 3.05) is 5.32 Å². The van der Waals surface area contributed by atoms with Crippen molar-refractivity contribution < 1.29 is 9.72 Å². The van der Waals surface area contributed by atoms with Crippen LogP contribution in [0.4, 0.5) is 11.4 Å². The molecule has 6 nitrogen and oxygen atoms in total. The molecular weight excluding hydrogens is 294 g/mol. The van der Waals surface area contributed by atoms with Crippen LogP contribution in [0.3, 0.4) is 0 Å². The molecule has 2 aromatic rings. The van der Waals surface area contributed by atoms with Crippen LogP contribution < -0.4 is 5.32 Å². The molecule has 2 rings (SSSR count). The van der Waals surface area contributed by atoms with Crippen molar-refractivity contribution in [2.45, 2.75) is 13.8 Å². The maximum Gasteiger partial charge on any atom is 0.292 e. The fraction of sp³-hybridized carbons (Fsp3) is 0.143. The third-order valence-electron chi connectivity index (χ3n) is 2.78. The molecule has 1 heterocycles. The molecule has 1 aromatic carbocycles. The smallest absolute Gasteiger partial charge is 0.292 e. The quantitative estimate of drug-likeness (QED) is 0.534. The average molecular weight is 306 g/mol. The van der Waals surface area contributed by atoms with Crippen LogP contribution in [0.15, 0.2) is 30.3 Å². The van der Waals surface area contributed by atoms with E-state index < -0.39 is 10.8 Å². The SMILES string of the molecule is Cc1ccc([N+](=O)[O-])c(NC(=O)c2cc(C)nc(Cl)c2)c1. The second kappa shape index (κ2) is 5.88. The van der Waals surface area contributed by atoms with Crippen LogP contribution in [0, 0.1) is 24.0 Å². The van der Waals surface area contributed by atoms with E-state index in [2.05, 4.69) is 10.3 Å². The predicted molar refractivity (Wildman–Crippen MR) is 79.8 cm³/mol. The molecule has 0 radical (unpaired) electrons. The van der Waals surface area contributed by atoms with Gasteiger partial charge in [0.25, 0.3) is 11.6 Å². The number of halogens is 1. The van der Waals surface area contributed by atoms with Crippen LogP contribution in [0.25, 0.3) is 0 Å². The molecule has 0 bridgehead atoms. The standard InChI is InChI=1S/C14H12ClN3O3/c1-8-3-4-12(18(20)21)11(5-8)17-14(19)10-6-9(2)16-13(15)7-10/h3-7H,1-2H3,(H,17,19). The molecule has 0 atom stereocenters. The van der Waals surface area contributed by atoms with Gasteiger partial charge in [0.2, 0.25) is 0 Å². The molecule has 0 aliphatic carbocycles. The third-order valence-corrected chi connectivity index (χ3v) is 2.97. The summed E-state index contributed by atoms with van der Waals surface area (Å²) in [4.78, 5) is 26.6. The number of carbonyl (C=O) groups is 1. The second-order valence-corrected chi connectivity index (χ2v) is 4.94. The third kappa shape index (κ3) is 3.55. The van der Waals surface area contributed by atoms with Gasteiger partial charge in [0, 0.05) is 17.3 Å². The first-order valence-electron chi connectivity index (χ1n) is 6.07. The maximum atomic E-state index is 12.2. The number of aryl methyl sites for hydroxylation is 2. The first kappa shape index (κ1) is 14.9. The van der Waals surface area contributed by atoms with Crippen LogP contribution in [0.5, 0.6) is 0 Å². The van der Waals surface area contributed by atoms with Gasteiger partial charge in [0.05, 0.1) is 4.92 Å². The Labute approximate surface area is 125 Å². The van der Waals surface area contributed by atoms with E-state index in [4.69, 9.17) is 11.6 Å². The molecule has 0 aliphatic rings. The van der Waals surface area contributed by atoms with Gasteiger partial charge < -0.3 is 5.32 Å². The summed E-state index contributed by atoms with van der Waals surface area (Å²) in [6.45, 7) is 3.49. The second-order valence-electron chi connectivity index (χ2n) is 4.55. The van der Waals surface area contributed by atoms with Gasteiger partial charge in [-0.15, -0.1) is 0 Å². The fourth-order valence-electron chi connectivity index (χ4n) is 1.86. The summed E-state index contributed by atoms with van der Waals surface area (Å²) in [5.74, 6) is -0.476. The highest BCUT2D eigenvalue weighted by Gasteiger charge is 2.17. The number of anilines is 1. The first-order chi connectivity index (χ1) is 9.86. The molecule has 1 N–H and O–H groups in total. The number of pyridine rings is 1. The molecule has 0 fully saturated rings. The Bertz CT molecular complexity index is 711. The van der Waals surface area contributed by atoms with Gasteiger partial charge >= 0.3 is 0 Å². The summed E-state index contributed by atoms with van der Waals surface area (Å²) >= 11 is 5.80. The molecule has 1 amide bonds. The Kier molecular flexibility index (Phi) is 4.18. The van der Waals surface area contributed by atoms with Crippen LogP contribution in [0.1, 0.15) is 21.6 Å². The minimum absolute atomic E-state index is 0.149. The summed E-state index contributed by atoms with van der Waals surface area (Å²) in [5, 5.41) is 13.7. The number of rotatable bonds is 3. The first-order valence-corrected chi connectivity index (χ1v) is 6.45. The number of hydrogen-bond acceptors (Lipinski definition) is 4. The number of nitrogens with one attached hydrogen (secondary N) is 1. The molecule has 21 heavy (non-hydrogen) atoms. The zero-order valence-corrected chi connectivity index (χ0v) is 12.1. The van der Waals surface area contributed by atoms with Crippen molar-refractivity contribution >= 4 is 28.9 Å². The molecule has 7 heteroatoms. The van der Waals surface area contributed by atoms with E-state index in [1.165, 1.54) is 12.1 Å². The highest BCUT2D eigenvalue weighted by atomic mass is 35.5. The molecule has 1 aromatic heterocycles. The lowest BCUT2D eigenvalue weighted by molar-refractivity contribution is -0.383. The van der Waals surface area contributed by atoms with E-state index in [1.807, 2.05) is 0 Å². The topological polar surface area (TPSA) is 85.1 Å². The van der Waals surface area contributed by atoms with Gasteiger partial charge in [-0.05, 0) is 37.6 Å². The number of amides is 1. The molecule has 0 spiro atoms. The number of nitrogens with zero attached hydrogens (tertiary/aromatic N) is 2. The van der Waals surface area contributed by atoms with Crippen LogP contribution >= 0.6 is 11.6 Å². The fourth-order valence-corrected chi connectivity index (χ4v) is 2.11. The summed E-state index contributed by atoms with van der Waals surface area (Å²) in [6, 6.07) is 7.48. The Morgan fingerprint density at radius 2 is 2.00 bits per heavy atom. The molecular formula is C14H12ClN3O3. The van der Waals surface area contributed by atoms with Crippen LogP contribution in [-0.4, -0.2) is 15.8 Å². The number of nitro groups is 1. The summed E-state index contributed by atoms with van der Waals surface area (Å²) < 4.78 is 0. The normalized spacial score (nSPS) is 10.2. The number of benzene rings is 1. The van der Waals surface area contributed by atoms with Crippen molar-refractivity contribution in [3.05, 3.63) is 62.4 Å². The van der Waals surface area contributed by atoms with Gasteiger partial charge in [-0.3, -0.25) is 14.9 Å². The predicted octanol–water partition coefficient (Wildman–Crippen LogP) is 3.51. The molecule has 0 aliphatic heterocycles. The maximum absolute atomic E-state index is 12.2. The van der Waals surface area contributed by atoms with Crippen molar-refractivity contribution in [1.29, 1.82) is 0 Å². The van der Waals surface area contributed by atoms with Gasteiger partial charge in [-0.25, -0.2) is 4.98 Å². The van der Waals surface area contributed by atoms with E-state index in [0.717, 1.165) is 5.56 Å². The van der Waals surface area contributed by atoms with E-state index in [1.54, 1.807) is 32.0 Å². The largest absolute Gasteiger partial charge is 0.316 e. The van der Waals surface area contributed by atoms with Crippen molar-refractivity contribution in [1.82, 2.24) is 4.98 Å². The van der Waals surface area contributed by atoms with Gasteiger partial charge in [0.15, 0.2) is 0 Å². The van der Waals surface area contributed by atoms with E-state index in [0.29, 0.717) is 11.3 Å². The lowest BCUT2D eigenvalue weighted by Crippen LogP contribution is -2.13. The minimum Gasteiger partial charge on any atom is -0.316 e. The lowest BCUT2D eigenvalue weighted by Gasteiger charge is -2.08. The Hall–Kier alpha value is -2.47. The number of aromatic nitrogens is 1. The van der Waals surface area contributed by atoms with E-state index >= 15 is 0 Å². The van der Waals surface area contributed by atoms with Gasteiger partial charge in [-0.2, -0.15) is 0 Å². The Morgan fingerprint density at radius 3 is 2.62 bits per heavy atom. The van der Waals surface area contributed by atoms with E-state index in [-0.39, 0.29) is 16.5 Å². The zero-order chi connectivity index (χ0) is 15.6. The minimum atomic E-state index is -0.542. The average Bonchev–Trinajstić information content (AvgIpc) is 2.37. The summed E-state index contributed by atoms with van der Waals surface area (Å²) in [6.07, 6.45) is 0. The molecule has 108 valence electrons. The van der Waals surface area contributed by atoms with Crippen molar-refractivity contribution in [3.8, 4) is 0 Å². The monoisotopic (exact) mass is 305 g/mol. The number of hydrogen-bond donors (Lipinski definition) is 1. The number of carbonyl (C=O) groups excluding carboxylic acids is 1. The zero-order valence-electron chi connectivity index (χ0n) is 11.4. The van der Waals surface area contributed by atoms with Crippen molar-refractivity contribution in [3.63, 3.8) is 0 Å². The van der Waals surface area contributed by atoms with Crippen LogP contribution in [0.2, 0.25) is 5.15 Å². The Balaban J connectivity index is 2.35. The molecule has 0 saturated carbocycles. The highest BCUT2D eigenvalue weighted by molar-refractivity contribution is 6.29. The summed E-state index contributed by atoms with van der Waals surface area (Å²) in [7, 11) is 0. The van der Waals surface area contributed by atoms with Crippen molar-refractivity contribution in [2.24, 2.45) is 0 Å². The van der Waals surface area contributed by atoms with Gasteiger partial charge in [-0.1, -0.05) is 17.7 Å². The van der Waals surface area contributed by atoms with E-state index in [9.17, 15) is 14.9 Å². The number of nitro benzene ring substituents is 1. The Morgan fingerprint density at radius 1 is 1.29 bits per heavy atom. The molecule has 0 unspecified atom stereocenters. The molecule has 0 saturated heterocycles. The lowest BCUT2D eigenvalue weighted by atomic mass is 10.1.